The third-order valence-electron chi connectivity index (χ3n) is 5.31. The van der Waals surface area contributed by atoms with Gasteiger partial charge >= 0.3 is 0 Å². The van der Waals surface area contributed by atoms with Crippen LogP contribution in [0.15, 0.2) is 49.1 Å². The van der Waals surface area contributed by atoms with E-state index in [1.807, 2.05) is 31.2 Å². The summed E-state index contributed by atoms with van der Waals surface area (Å²) in [5.41, 5.74) is 2.24. The van der Waals surface area contributed by atoms with Crippen molar-refractivity contribution in [1.29, 1.82) is 0 Å². The molecule has 0 saturated heterocycles. The van der Waals surface area contributed by atoms with Crippen LogP contribution in [0.4, 0.5) is 8.78 Å². The molecule has 3 rings (SSSR count). The molecular weight excluding hydrogens is 330 g/mol. The average molecular weight is 356 g/mol. The molecule has 2 aromatic carbocycles. The minimum absolute atomic E-state index is 0.0244. The molecule has 26 heavy (non-hydrogen) atoms. The van der Waals surface area contributed by atoms with Crippen molar-refractivity contribution in [1.82, 2.24) is 0 Å². The van der Waals surface area contributed by atoms with Crippen LogP contribution in [-0.4, -0.2) is 6.61 Å². The van der Waals surface area contributed by atoms with Gasteiger partial charge in [0.2, 0.25) is 5.82 Å². The number of allylic oxidation sites excluding steroid dienone is 1. The maximum absolute atomic E-state index is 14.4. The SMILES string of the molecule is C=CC1CCC(c2ccc(-c3ccc(OCCC)c(F)c3F)cc2)CC1. The van der Waals surface area contributed by atoms with Crippen LogP contribution in [0, 0.1) is 17.6 Å². The quantitative estimate of drug-likeness (QED) is 0.513. The summed E-state index contributed by atoms with van der Waals surface area (Å²) in [7, 11) is 0. The van der Waals surface area contributed by atoms with E-state index in [-0.39, 0.29) is 11.3 Å². The van der Waals surface area contributed by atoms with E-state index < -0.39 is 11.6 Å². The van der Waals surface area contributed by atoms with Crippen LogP contribution in [0.2, 0.25) is 0 Å². The zero-order valence-electron chi connectivity index (χ0n) is 15.3. The Morgan fingerprint density at radius 3 is 2.31 bits per heavy atom. The molecule has 0 heterocycles. The molecule has 3 heteroatoms. The Kier molecular flexibility index (Phi) is 6.08. The van der Waals surface area contributed by atoms with E-state index in [1.54, 1.807) is 6.07 Å². The van der Waals surface area contributed by atoms with Gasteiger partial charge in [-0.05, 0) is 67.2 Å². The predicted molar refractivity (Wildman–Crippen MR) is 102 cm³/mol. The molecule has 2 aromatic rings. The summed E-state index contributed by atoms with van der Waals surface area (Å²) in [5, 5.41) is 0. The van der Waals surface area contributed by atoms with Gasteiger partial charge in [0, 0.05) is 5.56 Å². The van der Waals surface area contributed by atoms with Crippen molar-refractivity contribution in [2.75, 3.05) is 6.61 Å². The zero-order chi connectivity index (χ0) is 18.5. The van der Waals surface area contributed by atoms with E-state index in [1.165, 1.54) is 24.5 Å². The summed E-state index contributed by atoms with van der Waals surface area (Å²) < 4.78 is 33.9. The fraction of sp³-hybridized carbons (Fsp3) is 0.391. The molecule has 1 aliphatic carbocycles. The number of hydrogen-bond donors (Lipinski definition) is 0. The first-order chi connectivity index (χ1) is 12.6. The van der Waals surface area contributed by atoms with Gasteiger partial charge in [-0.15, -0.1) is 6.58 Å². The Morgan fingerprint density at radius 2 is 1.69 bits per heavy atom. The first-order valence-corrected chi connectivity index (χ1v) is 9.47. The molecule has 0 aromatic heterocycles. The monoisotopic (exact) mass is 356 g/mol. The number of halogens is 2. The van der Waals surface area contributed by atoms with Crippen molar-refractivity contribution in [3.8, 4) is 16.9 Å². The molecule has 0 spiro atoms. The number of hydrogen-bond acceptors (Lipinski definition) is 1. The van der Waals surface area contributed by atoms with Gasteiger partial charge in [-0.1, -0.05) is 37.3 Å². The van der Waals surface area contributed by atoms with Crippen LogP contribution in [0.3, 0.4) is 0 Å². The summed E-state index contributed by atoms with van der Waals surface area (Å²) in [5.74, 6) is -0.605. The van der Waals surface area contributed by atoms with Gasteiger partial charge in [0.1, 0.15) is 0 Å². The summed E-state index contributed by atoms with van der Waals surface area (Å²) in [6.45, 7) is 6.19. The van der Waals surface area contributed by atoms with E-state index in [9.17, 15) is 8.78 Å². The van der Waals surface area contributed by atoms with E-state index in [2.05, 4.69) is 12.7 Å². The lowest BCUT2D eigenvalue weighted by atomic mass is 9.78. The second-order valence-electron chi connectivity index (χ2n) is 7.06. The van der Waals surface area contributed by atoms with Gasteiger partial charge in [-0.2, -0.15) is 4.39 Å². The van der Waals surface area contributed by atoms with Gasteiger partial charge in [-0.25, -0.2) is 4.39 Å². The molecule has 138 valence electrons. The molecule has 0 amide bonds. The molecule has 0 atom stereocenters. The van der Waals surface area contributed by atoms with Crippen LogP contribution in [0.5, 0.6) is 5.75 Å². The second kappa shape index (κ2) is 8.48. The van der Waals surface area contributed by atoms with Crippen molar-refractivity contribution < 1.29 is 13.5 Å². The van der Waals surface area contributed by atoms with E-state index >= 15 is 0 Å². The lowest BCUT2D eigenvalue weighted by Gasteiger charge is -2.27. The molecule has 1 nitrogen and oxygen atoms in total. The summed E-state index contributed by atoms with van der Waals surface area (Å²) >= 11 is 0. The summed E-state index contributed by atoms with van der Waals surface area (Å²) in [6.07, 6.45) is 7.47. The first-order valence-electron chi connectivity index (χ1n) is 9.47. The topological polar surface area (TPSA) is 9.23 Å². The van der Waals surface area contributed by atoms with Crippen molar-refractivity contribution in [2.24, 2.45) is 5.92 Å². The molecule has 1 saturated carbocycles. The van der Waals surface area contributed by atoms with Gasteiger partial charge in [0.05, 0.1) is 6.61 Å². The second-order valence-corrected chi connectivity index (χ2v) is 7.06. The lowest BCUT2D eigenvalue weighted by Crippen LogP contribution is -2.11. The highest BCUT2D eigenvalue weighted by Crippen LogP contribution is 2.37. The summed E-state index contributed by atoms with van der Waals surface area (Å²) in [4.78, 5) is 0. The van der Waals surface area contributed by atoms with E-state index in [0.717, 1.165) is 19.3 Å². The highest BCUT2D eigenvalue weighted by atomic mass is 19.2. The number of benzene rings is 2. The van der Waals surface area contributed by atoms with Crippen LogP contribution < -0.4 is 4.74 Å². The van der Waals surface area contributed by atoms with Crippen molar-refractivity contribution in [3.63, 3.8) is 0 Å². The molecule has 0 aliphatic heterocycles. The smallest absolute Gasteiger partial charge is 0.201 e. The zero-order valence-corrected chi connectivity index (χ0v) is 15.3. The number of rotatable bonds is 6. The lowest BCUT2D eigenvalue weighted by molar-refractivity contribution is 0.295. The highest BCUT2D eigenvalue weighted by molar-refractivity contribution is 5.65. The normalized spacial score (nSPS) is 20.0. The molecule has 0 N–H and O–H groups in total. The molecule has 0 unspecified atom stereocenters. The predicted octanol–water partition coefficient (Wildman–Crippen LogP) is 6.88. The van der Waals surface area contributed by atoms with Crippen LogP contribution >= 0.6 is 0 Å². The highest BCUT2D eigenvalue weighted by Gasteiger charge is 2.21. The maximum Gasteiger partial charge on any atom is 0.201 e. The standard InChI is InChI=1S/C23H26F2O/c1-3-15-26-21-14-13-20(22(24)23(21)25)19-11-9-18(10-12-19)17-7-5-16(4-2)6-8-17/h4,9-14,16-17H,2-3,5-8,15H2,1H3. The largest absolute Gasteiger partial charge is 0.490 e. The maximum atomic E-state index is 14.4. The molecular formula is C23H26F2O. The van der Waals surface area contributed by atoms with Crippen LogP contribution in [-0.2, 0) is 0 Å². The van der Waals surface area contributed by atoms with E-state index in [0.29, 0.717) is 24.0 Å². The molecule has 1 fully saturated rings. The van der Waals surface area contributed by atoms with Crippen LogP contribution in [0.1, 0.15) is 50.5 Å². The van der Waals surface area contributed by atoms with Gasteiger partial charge in [0.25, 0.3) is 0 Å². The van der Waals surface area contributed by atoms with Gasteiger partial charge in [-0.3, -0.25) is 0 Å². The Hall–Kier alpha value is -2.16. The Balaban J connectivity index is 1.76. The minimum Gasteiger partial charge on any atom is -0.490 e. The molecule has 0 radical (unpaired) electrons. The van der Waals surface area contributed by atoms with E-state index in [4.69, 9.17) is 4.74 Å². The van der Waals surface area contributed by atoms with Crippen molar-refractivity contribution >= 4 is 0 Å². The fourth-order valence-corrected chi connectivity index (χ4v) is 3.70. The number of ether oxygens (including phenoxy) is 1. The minimum atomic E-state index is -0.914. The first kappa shape index (κ1) is 18.6. The Bertz CT molecular complexity index is 744. The van der Waals surface area contributed by atoms with Crippen molar-refractivity contribution in [3.05, 3.63) is 66.3 Å². The molecule has 0 bridgehead atoms. The van der Waals surface area contributed by atoms with Gasteiger partial charge < -0.3 is 4.74 Å². The molecule has 1 aliphatic rings. The third kappa shape index (κ3) is 3.98. The van der Waals surface area contributed by atoms with Crippen molar-refractivity contribution in [2.45, 2.75) is 44.9 Å². The Morgan fingerprint density at radius 1 is 1.00 bits per heavy atom. The van der Waals surface area contributed by atoms with Crippen LogP contribution in [0.25, 0.3) is 11.1 Å². The van der Waals surface area contributed by atoms with Gasteiger partial charge in [0.15, 0.2) is 11.6 Å². The summed E-state index contributed by atoms with van der Waals surface area (Å²) in [6, 6.07) is 11.0. The Labute approximate surface area is 154 Å². The fourth-order valence-electron chi connectivity index (χ4n) is 3.70. The third-order valence-corrected chi connectivity index (χ3v) is 5.31. The average Bonchev–Trinajstić information content (AvgIpc) is 2.69.